The summed E-state index contributed by atoms with van der Waals surface area (Å²) in [5, 5.41) is 18.7. The lowest BCUT2D eigenvalue weighted by Gasteiger charge is -2.22. The number of anilines is 2. The van der Waals surface area contributed by atoms with Crippen molar-refractivity contribution in [1.29, 1.82) is 0 Å². The SMILES string of the molecule is Cc1cc(-c2nc(C(=O)Nc3cc4c(cnn4C4CC4)cc3N3CCC(O)C3)co2)ccn1. The standard InChI is InChI=1S/C24H24N6O3/c1-14-8-15(4-6-25-14)24-28-20(13-33-24)23(32)27-19-10-21-16(11-26-30(21)17-2-3-17)9-22(19)29-7-5-18(31)12-29/h4,6,8-11,13,17-18,31H,2-3,5,7,12H2,1H3,(H,27,32). The number of rotatable bonds is 5. The molecule has 3 aromatic heterocycles. The van der Waals surface area contributed by atoms with Crippen molar-refractivity contribution in [3.05, 3.63) is 54.3 Å². The number of carbonyl (C=O) groups is 1. The maximum absolute atomic E-state index is 13.1. The highest BCUT2D eigenvalue weighted by atomic mass is 16.3. The van der Waals surface area contributed by atoms with Gasteiger partial charge in [-0.3, -0.25) is 14.5 Å². The molecule has 2 aliphatic rings. The molecular formula is C24H24N6O3. The van der Waals surface area contributed by atoms with Crippen molar-refractivity contribution >= 4 is 28.2 Å². The van der Waals surface area contributed by atoms with Gasteiger partial charge < -0.3 is 19.7 Å². The van der Waals surface area contributed by atoms with Crippen LogP contribution >= 0.6 is 0 Å². The molecule has 1 aliphatic carbocycles. The van der Waals surface area contributed by atoms with E-state index in [1.807, 2.05) is 36.0 Å². The van der Waals surface area contributed by atoms with Gasteiger partial charge in [-0.15, -0.1) is 0 Å². The molecule has 1 aromatic carbocycles. The number of aliphatic hydroxyl groups is 1. The van der Waals surface area contributed by atoms with Crippen molar-refractivity contribution in [2.75, 3.05) is 23.3 Å². The first-order chi connectivity index (χ1) is 16.0. The Kier molecular flexibility index (Phi) is 4.65. The van der Waals surface area contributed by atoms with E-state index < -0.39 is 0 Å². The Hall–Kier alpha value is -3.72. The third-order valence-electron chi connectivity index (χ3n) is 6.24. The van der Waals surface area contributed by atoms with E-state index in [2.05, 4.69) is 25.3 Å². The summed E-state index contributed by atoms with van der Waals surface area (Å²) in [6.07, 6.45) is 7.49. The molecule has 2 N–H and O–H groups in total. The first-order valence-electron chi connectivity index (χ1n) is 11.2. The highest BCUT2D eigenvalue weighted by Gasteiger charge is 2.28. The van der Waals surface area contributed by atoms with Gasteiger partial charge in [0.25, 0.3) is 5.91 Å². The average molecular weight is 444 g/mol. The van der Waals surface area contributed by atoms with Crippen molar-refractivity contribution in [2.24, 2.45) is 0 Å². The molecule has 0 spiro atoms. The molecule has 4 aromatic rings. The topological polar surface area (TPSA) is 109 Å². The molecule has 1 amide bonds. The number of oxazole rings is 1. The summed E-state index contributed by atoms with van der Waals surface area (Å²) in [4.78, 5) is 23.8. The van der Waals surface area contributed by atoms with E-state index in [1.54, 1.807) is 12.3 Å². The minimum absolute atomic E-state index is 0.197. The predicted molar refractivity (Wildman–Crippen MR) is 123 cm³/mol. The smallest absolute Gasteiger partial charge is 0.277 e. The van der Waals surface area contributed by atoms with Gasteiger partial charge in [-0.1, -0.05) is 0 Å². The number of hydrogen-bond donors (Lipinski definition) is 2. The normalized spacial score (nSPS) is 18.2. The Labute approximate surface area is 190 Å². The predicted octanol–water partition coefficient (Wildman–Crippen LogP) is 3.55. The summed E-state index contributed by atoms with van der Waals surface area (Å²) in [7, 11) is 0. The van der Waals surface area contributed by atoms with E-state index in [4.69, 9.17) is 4.42 Å². The Bertz CT molecular complexity index is 1360. The molecule has 4 heterocycles. The largest absolute Gasteiger partial charge is 0.444 e. The quantitative estimate of drug-likeness (QED) is 0.484. The van der Waals surface area contributed by atoms with E-state index >= 15 is 0 Å². The van der Waals surface area contributed by atoms with Gasteiger partial charge in [0.15, 0.2) is 5.69 Å². The van der Waals surface area contributed by atoms with E-state index in [9.17, 15) is 9.90 Å². The first kappa shape index (κ1) is 19.9. The molecule has 0 radical (unpaired) electrons. The summed E-state index contributed by atoms with van der Waals surface area (Å²) in [5.41, 5.74) is 4.34. The number of fused-ring (bicyclic) bond motifs is 1. The molecule has 9 heteroatoms. The fourth-order valence-corrected chi connectivity index (χ4v) is 4.39. The van der Waals surface area contributed by atoms with Crippen LogP contribution in [0.1, 0.15) is 41.5 Å². The van der Waals surface area contributed by atoms with Gasteiger partial charge in [-0.25, -0.2) is 4.98 Å². The number of benzene rings is 1. The number of nitrogens with zero attached hydrogens (tertiary/aromatic N) is 5. The van der Waals surface area contributed by atoms with Crippen molar-refractivity contribution in [3.8, 4) is 11.5 Å². The molecule has 6 rings (SSSR count). The summed E-state index contributed by atoms with van der Waals surface area (Å²) >= 11 is 0. The lowest BCUT2D eigenvalue weighted by Crippen LogP contribution is -2.23. The number of aryl methyl sites for hydroxylation is 1. The molecular weight excluding hydrogens is 420 g/mol. The first-order valence-corrected chi connectivity index (χ1v) is 11.2. The second kappa shape index (κ2) is 7.70. The van der Waals surface area contributed by atoms with Crippen LogP contribution in [0.15, 0.2) is 47.3 Å². The maximum Gasteiger partial charge on any atom is 0.277 e. The summed E-state index contributed by atoms with van der Waals surface area (Å²) in [6, 6.07) is 8.10. The number of pyridine rings is 1. The summed E-state index contributed by atoms with van der Waals surface area (Å²) in [5.74, 6) is 0.0180. The number of β-amino-alcohol motifs (C(OH)–C–C–N with tert-alkyl or cyclic N) is 1. The van der Waals surface area contributed by atoms with Crippen molar-refractivity contribution in [2.45, 2.75) is 38.3 Å². The van der Waals surface area contributed by atoms with Gasteiger partial charge in [0.05, 0.1) is 35.2 Å². The molecule has 1 unspecified atom stereocenters. The number of hydrogen-bond acceptors (Lipinski definition) is 7. The van der Waals surface area contributed by atoms with Gasteiger partial charge >= 0.3 is 0 Å². The lowest BCUT2D eigenvalue weighted by atomic mass is 10.1. The second-order valence-corrected chi connectivity index (χ2v) is 8.81. The molecule has 0 bridgehead atoms. The average Bonchev–Trinajstić information content (AvgIpc) is 3.20. The van der Waals surface area contributed by atoms with Gasteiger partial charge in [0.1, 0.15) is 6.26 Å². The van der Waals surface area contributed by atoms with Crippen LogP contribution in [0.3, 0.4) is 0 Å². The minimum atomic E-state index is -0.375. The Balaban J connectivity index is 1.34. The van der Waals surface area contributed by atoms with Gasteiger partial charge in [-0.2, -0.15) is 5.10 Å². The summed E-state index contributed by atoms with van der Waals surface area (Å²) < 4.78 is 7.60. The molecule has 33 heavy (non-hydrogen) atoms. The number of carbonyl (C=O) groups excluding carboxylic acids is 1. The molecule has 168 valence electrons. The van der Waals surface area contributed by atoms with E-state index in [0.717, 1.165) is 47.2 Å². The zero-order valence-electron chi connectivity index (χ0n) is 18.2. The molecule has 2 fully saturated rings. The molecule has 1 saturated carbocycles. The van der Waals surface area contributed by atoms with Crippen molar-refractivity contribution < 1.29 is 14.3 Å². The van der Waals surface area contributed by atoms with Crippen molar-refractivity contribution in [1.82, 2.24) is 19.7 Å². The Morgan fingerprint density at radius 2 is 2.12 bits per heavy atom. The van der Waals surface area contributed by atoms with Crippen molar-refractivity contribution in [3.63, 3.8) is 0 Å². The van der Waals surface area contributed by atoms with Crippen LogP contribution in [0.2, 0.25) is 0 Å². The van der Waals surface area contributed by atoms with Crippen LogP contribution in [0.5, 0.6) is 0 Å². The highest BCUT2D eigenvalue weighted by molar-refractivity contribution is 6.06. The van der Waals surface area contributed by atoms with E-state index in [0.29, 0.717) is 30.6 Å². The van der Waals surface area contributed by atoms with Gasteiger partial charge in [0, 0.05) is 35.9 Å². The zero-order chi connectivity index (χ0) is 22.5. The molecule has 9 nitrogen and oxygen atoms in total. The van der Waals surface area contributed by atoms with Crippen LogP contribution in [-0.2, 0) is 0 Å². The van der Waals surface area contributed by atoms with E-state index in [1.165, 1.54) is 6.26 Å². The molecule has 1 saturated heterocycles. The minimum Gasteiger partial charge on any atom is -0.444 e. The number of aliphatic hydroxyl groups excluding tert-OH is 1. The monoisotopic (exact) mass is 444 g/mol. The number of aromatic nitrogens is 4. The van der Waals surface area contributed by atoms with Gasteiger partial charge in [-0.05, 0) is 50.5 Å². The van der Waals surface area contributed by atoms with Crippen LogP contribution in [0, 0.1) is 6.92 Å². The fraction of sp³-hybridized carbons (Fsp3) is 0.333. The lowest BCUT2D eigenvalue weighted by molar-refractivity contribution is 0.102. The van der Waals surface area contributed by atoms with Crippen LogP contribution in [-0.4, -0.2) is 50.0 Å². The molecule has 1 atom stereocenters. The van der Waals surface area contributed by atoms with Crippen LogP contribution < -0.4 is 10.2 Å². The third kappa shape index (κ3) is 3.74. The number of amides is 1. The number of nitrogens with one attached hydrogen (secondary N) is 1. The van der Waals surface area contributed by atoms with Gasteiger partial charge in [0.2, 0.25) is 5.89 Å². The fourth-order valence-electron chi connectivity index (χ4n) is 4.39. The Morgan fingerprint density at radius 1 is 1.24 bits per heavy atom. The second-order valence-electron chi connectivity index (χ2n) is 8.81. The summed E-state index contributed by atoms with van der Waals surface area (Å²) in [6.45, 7) is 3.14. The zero-order valence-corrected chi connectivity index (χ0v) is 18.2. The van der Waals surface area contributed by atoms with Crippen LogP contribution in [0.25, 0.3) is 22.4 Å². The maximum atomic E-state index is 13.1. The third-order valence-corrected chi connectivity index (χ3v) is 6.24. The van der Waals surface area contributed by atoms with E-state index in [-0.39, 0.29) is 17.7 Å². The van der Waals surface area contributed by atoms with Crippen LogP contribution in [0.4, 0.5) is 11.4 Å². The molecule has 1 aliphatic heterocycles. The highest BCUT2D eigenvalue weighted by Crippen LogP contribution is 2.40. The Morgan fingerprint density at radius 3 is 2.88 bits per heavy atom.